The second kappa shape index (κ2) is 11.2. The Morgan fingerprint density at radius 2 is 1.95 bits per heavy atom. The molecule has 1 fully saturated rings. The molecule has 2 N–H and O–H groups in total. The van der Waals surface area contributed by atoms with Crippen molar-refractivity contribution in [2.75, 3.05) is 20.1 Å². The second-order valence-electron chi connectivity index (χ2n) is 9.68. The molecule has 2 aromatic heterocycles. The summed E-state index contributed by atoms with van der Waals surface area (Å²) in [5.41, 5.74) is 3.55. The van der Waals surface area contributed by atoms with Crippen molar-refractivity contribution in [3.63, 3.8) is 0 Å². The Balaban J connectivity index is 1.25. The van der Waals surface area contributed by atoms with Crippen molar-refractivity contribution in [3.05, 3.63) is 86.1 Å². The molecule has 3 heterocycles. The van der Waals surface area contributed by atoms with Crippen LogP contribution in [0, 0.1) is 12.8 Å². The first kappa shape index (κ1) is 25.1. The molecule has 192 valence electrons. The highest BCUT2D eigenvalue weighted by atomic mass is 32.1. The van der Waals surface area contributed by atoms with Gasteiger partial charge in [0.25, 0.3) is 5.91 Å². The third kappa shape index (κ3) is 6.23. The number of hydrogen-bond acceptors (Lipinski definition) is 7. The van der Waals surface area contributed by atoms with Gasteiger partial charge in [-0.15, -0.1) is 0 Å². The third-order valence-corrected chi connectivity index (χ3v) is 7.74. The van der Waals surface area contributed by atoms with Crippen molar-refractivity contribution in [3.8, 4) is 5.75 Å². The minimum atomic E-state index is -0.172. The number of aromatic nitrogens is 3. The first-order chi connectivity index (χ1) is 17.9. The molecule has 37 heavy (non-hydrogen) atoms. The van der Waals surface area contributed by atoms with E-state index in [1.807, 2.05) is 43.3 Å². The number of H-pyrrole nitrogens is 1. The Labute approximate surface area is 219 Å². The van der Waals surface area contributed by atoms with Gasteiger partial charge in [-0.05, 0) is 82.2 Å². The number of ether oxygens (including phenoxy) is 1. The number of aryl methyl sites for hydroxylation is 1. The minimum Gasteiger partial charge on any atom is -0.489 e. The number of nitrogens with zero attached hydrogens (tertiary/aromatic N) is 3. The highest BCUT2D eigenvalue weighted by Crippen LogP contribution is 2.24. The van der Waals surface area contributed by atoms with Gasteiger partial charge in [-0.2, -0.15) is 5.10 Å². The Morgan fingerprint density at radius 1 is 1.19 bits per heavy atom. The van der Waals surface area contributed by atoms with Crippen molar-refractivity contribution in [2.45, 2.75) is 38.8 Å². The van der Waals surface area contributed by atoms with Gasteiger partial charge in [0.1, 0.15) is 17.4 Å². The van der Waals surface area contributed by atoms with Gasteiger partial charge >= 0.3 is 4.87 Å². The lowest BCUT2D eigenvalue weighted by atomic mass is 9.87. The Morgan fingerprint density at radius 3 is 2.68 bits per heavy atom. The molecular formula is C28H31N5O3S. The number of nitrogens with one attached hydrogen (secondary N) is 2. The first-order valence-electron chi connectivity index (χ1n) is 12.6. The molecule has 0 bridgehead atoms. The summed E-state index contributed by atoms with van der Waals surface area (Å²) in [6.07, 6.45) is 2.54. The van der Waals surface area contributed by atoms with Gasteiger partial charge in [-0.1, -0.05) is 29.5 Å². The number of fused-ring (bicyclic) bond motifs is 1. The highest BCUT2D eigenvalue weighted by molar-refractivity contribution is 7.08. The van der Waals surface area contributed by atoms with Gasteiger partial charge in [0, 0.05) is 34.7 Å². The number of para-hydroxylation sites is 1. The van der Waals surface area contributed by atoms with Crippen LogP contribution in [0.15, 0.2) is 59.4 Å². The monoisotopic (exact) mass is 517 g/mol. The fraction of sp³-hybridized carbons (Fsp3) is 0.357. The van der Waals surface area contributed by atoms with Gasteiger partial charge in [0.05, 0.1) is 5.52 Å². The maximum Gasteiger partial charge on any atom is 0.322 e. The van der Waals surface area contributed by atoms with Crippen LogP contribution < -0.4 is 14.9 Å². The molecule has 1 unspecified atom stereocenters. The molecule has 0 spiro atoms. The second-order valence-corrected chi connectivity index (χ2v) is 10.7. The zero-order valence-electron chi connectivity index (χ0n) is 21.1. The summed E-state index contributed by atoms with van der Waals surface area (Å²) in [6.45, 7) is 4.38. The van der Waals surface area contributed by atoms with Gasteiger partial charge in [0.2, 0.25) is 0 Å². The molecule has 1 atom stereocenters. The maximum atomic E-state index is 13.2. The van der Waals surface area contributed by atoms with E-state index in [1.165, 1.54) is 0 Å². The molecule has 1 amide bonds. The molecule has 1 aliphatic rings. The van der Waals surface area contributed by atoms with E-state index < -0.39 is 0 Å². The van der Waals surface area contributed by atoms with Crippen LogP contribution in [-0.2, 0) is 13.0 Å². The summed E-state index contributed by atoms with van der Waals surface area (Å²) in [5.74, 6) is 0.901. The lowest BCUT2D eigenvalue weighted by Gasteiger charge is -2.34. The standard InChI is InChI=1S/C28H31N5O3S/c1-18-15-21(23-5-3-4-6-24(23)29-18)17-36-22-9-7-20(8-10-22)27(34)30-25(16-26-31-32-28(35)37-26)19-11-13-33(2)14-12-19/h3-10,15,19,25H,11-14,16-17H2,1-2H3,(H,30,34)(H,32,35). The van der Waals surface area contributed by atoms with Crippen molar-refractivity contribution >= 4 is 28.1 Å². The fourth-order valence-corrected chi connectivity index (χ4v) is 5.59. The molecule has 0 radical (unpaired) electrons. The number of carbonyl (C=O) groups excluding carboxylic acids is 1. The zero-order valence-corrected chi connectivity index (χ0v) is 21.9. The normalized spacial score (nSPS) is 15.5. The molecule has 8 nitrogen and oxygen atoms in total. The molecule has 0 saturated carbocycles. The number of piperidine rings is 1. The maximum absolute atomic E-state index is 13.2. The van der Waals surface area contributed by atoms with E-state index in [0.29, 0.717) is 30.3 Å². The van der Waals surface area contributed by atoms with E-state index in [0.717, 1.165) is 64.4 Å². The minimum absolute atomic E-state index is 0.0840. The summed E-state index contributed by atoms with van der Waals surface area (Å²) >= 11 is 1.11. The van der Waals surface area contributed by atoms with E-state index in [9.17, 15) is 9.59 Å². The number of rotatable bonds is 8. The Bertz CT molecular complexity index is 1420. The van der Waals surface area contributed by atoms with Crippen LogP contribution in [0.5, 0.6) is 5.75 Å². The number of aromatic amines is 1. The summed E-state index contributed by atoms with van der Waals surface area (Å²) < 4.78 is 6.05. The van der Waals surface area contributed by atoms with E-state index in [1.54, 1.807) is 12.1 Å². The van der Waals surface area contributed by atoms with Crippen LogP contribution in [0.4, 0.5) is 0 Å². The number of likely N-dealkylation sites (tertiary alicyclic amines) is 1. The zero-order chi connectivity index (χ0) is 25.8. The van der Waals surface area contributed by atoms with E-state index in [2.05, 4.69) is 38.5 Å². The molecule has 5 rings (SSSR count). The number of hydrogen-bond donors (Lipinski definition) is 2. The van der Waals surface area contributed by atoms with E-state index in [4.69, 9.17) is 4.74 Å². The van der Waals surface area contributed by atoms with Crippen LogP contribution >= 0.6 is 11.3 Å². The van der Waals surface area contributed by atoms with Crippen molar-refractivity contribution in [1.29, 1.82) is 0 Å². The van der Waals surface area contributed by atoms with Crippen LogP contribution in [0.1, 0.15) is 39.5 Å². The third-order valence-electron chi connectivity index (χ3n) is 6.97. The van der Waals surface area contributed by atoms with Gasteiger partial charge in [-0.3, -0.25) is 14.6 Å². The SMILES string of the molecule is Cc1cc(COc2ccc(C(=O)NC(Cc3n[nH]c(=O)s3)C3CCN(C)CC3)cc2)c2ccccc2n1. The Kier molecular flexibility index (Phi) is 7.62. The van der Waals surface area contributed by atoms with Gasteiger partial charge in [-0.25, -0.2) is 5.10 Å². The summed E-state index contributed by atoms with van der Waals surface area (Å²) in [7, 11) is 2.12. The van der Waals surface area contributed by atoms with Crippen LogP contribution in [0.2, 0.25) is 0 Å². The van der Waals surface area contributed by atoms with Gasteiger partial charge < -0.3 is 15.0 Å². The van der Waals surface area contributed by atoms with E-state index in [-0.39, 0.29) is 16.8 Å². The largest absolute Gasteiger partial charge is 0.489 e. The van der Waals surface area contributed by atoms with Crippen LogP contribution in [0.3, 0.4) is 0 Å². The fourth-order valence-electron chi connectivity index (χ4n) is 4.93. The van der Waals surface area contributed by atoms with Crippen LogP contribution in [-0.4, -0.2) is 52.2 Å². The highest BCUT2D eigenvalue weighted by Gasteiger charge is 2.28. The number of carbonyl (C=O) groups is 1. The molecule has 9 heteroatoms. The molecule has 1 saturated heterocycles. The number of amides is 1. The summed E-state index contributed by atoms with van der Waals surface area (Å²) in [5, 5.41) is 11.6. The number of pyridine rings is 1. The number of benzene rings is 2. The first-order valence-corrected chi connectivity index (χ1v) is 13.4. The van der Waals surface area contributed by atoms with Crippen molar-refractivity contribution < 1.29 is 9.53 Å². The summed E-state index contributed by atoms with van der Waals surface area (Å²) in [4.78, 5) is 31.5. The summed E-state index contributed by atoms with van der Waals surface area (Å²) in [6, 6.07) is 17.2. The lowest BCUT2D eigenvalue weighted by molar-refractivity contribution is 0.0901. The quantitative estimate of drug-likeness (QED) is 0.367. The topological polar surface area (TPSA) is 100 Å². The average Bonchev–Trinajstić information content (AvgIpc) is 3.32. The molecule has 0 aliphatic carbocycles. The Hall–Kier alpha value is -3.56. The van der Waals surface area contributed by atoms with Crippen LogP contribution in [0.25, 0.3) is 10.9 Å². The predicted molar refractivity (Wildman–Crippen MR) is 145 cm³/mol. The molecule has 1 aliphatic heterocycles. The van der Waals surface area contributed by atoms with E-state index >= 15 is 0 Å². The van der Waals surface area contributed by atoms with Crippen molar-refractivity contribution in [1.82, 2.24) is 25.4 Å². The molecule has 2 aromatic carbocycles. The average molecular weight is 518 g/mol. The smallest absolute Gasteiger partial charge is 0.322 e. The predicted octanol–water partition coefficient (Wildman–Crippen LogP) is 3.95. The lowest BCUT2D eigenvalue weighted by Crippen LogP contribution is -2.46. The van der Waals surface area contributed by atoms with Crippen molar-refractivity contribution in [2.24, 2.45) is 5.92 Å². The molecular weight excluding hydrogens is 486 g/mol. The molecule has 4 aromatic rings. The van der Waals surface area contributed by atoms with Gasteiger partial charge in [0.15, 0.2) is 0 Å².